The summed E-state index contributed by atoms with van der Waals surface area (Å²) in [5.41, 5.74) is 0. The van der Waals surface area contributed by atoms with Crippen LogP contribution in [0.15, 0.2) is 23.5 Å². The van der Waals surface area contributed by atoms with E-state index in [4.69, 9.17) is 4.99 Å². The second-order valence-electron chi connectivity index (χ2n) is 7.11. The number of likely N-dealkylation sites (N-methyl/N-ethyl adjacent to an activating group) is 1. The zero-order valence-electron chi connectivity index (χ0n) is 17.2. The summed E-state index contributed by atoms with van der Waals surface area (Å²) in [7, 11) is 0. The molecule has 0 aliphatic carbocycles. The molecule has 0 saturated carbocycles. The van der Waals surface area contributed by atoms with Gasteiger partial charge < -0.3 is 20.4 Å². The van der Waals surface area contributed by atoms with Gasteiger partial charge in [-0.05, 0) is 31.9 Å². The third-order valence-electron chi connectivity index (χ3n) is 4.80. The van der Waals surface area contributed by atoms with Crippen molar-refractivity contribution in [2.24, 2.45) is 10.9 Å². The average Bonchev–Trinajstić information content (AvgIpc) is 3.17. The molecule has 1 aliphatic rings. The molecule has 8 heteroatoms. The summed E-state index contributed by atoms with van der Waals surface area (Å²) in [4.78, 5) is 9.88. The maximum atomic E-state index is 4.78. The normalized spacial score (nSPS) is 17.4. The van der Waals surface area contributed by atoms with Gasteiger partial charge in [0.05, 0.1) is 0 Å². The van der Waals surface area contributed by atoms with Gasteiger partial charge in [0.2, 0.25) is 0 Å². The number of halogens is 1. The molecule has 0 spiro atoms. The molecule has 1 saturated heterocycles. The fourth-order valence-corrected chi connectivity index (χ4v) is 3.26. The highest BCUT2D eigenvalue weighted by molar-refractivity contribution is 14.0. The van der Waals surface area contributed by atoms with Crippen LogP contribution in [0.25, 0.3) is 0 Å². The predicted molar refractivity (Wildman–Crippen MR) is 124 cm³/mol. The largest absolute Gasteiger partial charge is 0.357 e. The lowest BCUT2D eigenvalue weighted by molar-refractivity contribution is 0.125. The Bertz CT molecular complexity index is 498. The van der Waals surface area contributed by atoms with Gasteiger partial charge in [0.25, 0.3) is 0 Å². The van der Waals surface area contributed by atoms with Gasteiger partial charge in [0, 0.05) is 71.3 Å². The zero-order chi connectivity index (χ0) is 18.6. The average molecular weight is 491 g/mol. The Labute approximate surface area is 182 Å². The van der Waals surface area contributed by atoms with Crippen molar-refractivity contribution in [2.75, 3.05) is 58.9 Å². The molecule has 0 bridgehead atoms. The van der Waals surface area contributed by atoms with Gasteiger partial charge >= 0.3 is 0 Å². The van der Waals surface area contributed by atoms with Gasteiger partial charge in [0.15, 0.2) is 5.96 Å². The second kappa shape index (κ2) is 14.2. The molecule has 1 atom stereocenters. The van der Waals surface area contributed by atoms with E-state index < -0.39 is 0 Å². The second-order valence-corrected chi connectivity index (χ2v) is 7.11. The first-order chi connectivity index (χ1) is 12.7. The fraction of sp³-hybridized carbons (Fsp3) is 0.789. The van der Waals surface area contributed by atoms with Crippen LogP contribution in [0.4, 0.5) is 0 Å². The van der Waals surface area contributed by atoms with Crippen molar-refractivity contribution in [3.63, 3.8) is 0 Å². The van der Waals surface area contributed by atoms with Crippen LogP contribution >= 0.6 is 24.0 Å². The van der Waals surface area contributed by atoms with Gasteiger partial charge in [-0.3, -0.25) is 9.67 Å². The molecular weight excluding hydrogens is 453 g/mol. The Morgan fingerprint density at radius 1 is 1.15 bits per heavy atom. The maximum Gasteiger partial charge on any atom is 0.191 e. The van der Waals surface area contributed by atoms with E-state index in [1.165, 1.54) is 32.7 Å². The summed E-state index contributed by atoms with van der Waals surface area (Å²) in [5.74, 6) is 1.50. The predicted octanol–water partition coefficient (Wildman–Crippen LogP) is 1.72. The van der Waals surface area contributed by atoms with Crippen LogP contribution in [-0.2, 0) is 6.54 Å². The molecule has 156 valence electrons. The van der Waals surface area contributed by atoms with Crippen LogP contribution in [-0.4, -0.2) is 84.4 Å². The Hall–Kier alpha value is -0.870. The third-order valence-corrected chi connectivity index (χ3v) is 4.80. The number of piperazine rings is 1. The first-order valence-electron chi connectivity index (χ1n) is 10.2. The van der Waals surface area contributed by atoms with E-state index in [-0.39, 0.29) is 24.0 Å². The monoisotopic (exact) mass is 491 g/mol. The number of rotatable bonds is 10. The molecule has 0 aromatic carbocycles. The maximum absolute atomic E-state index is 4.78. The van der Waals surface area contributed by atoms with E-state index in [1.807, 2.05) is 23.1 Å². The molecule has 1 aromatic heterocycles. The number of aryl methyl sites for hydroxylation is 1. The topological polar surface area (TPSA) is 60.7 Å². The summed E-state index contributed by atoms with van der Waals surface area (Å²) < 4.78 is 1.96. The molecule has 0 radical (unpaired) electrons. The minimum absolute atomic E-state index is 0. The van der Waals surface area contributed by atoms with E-state index in [0.717, 1.165) is 45.1 Å². The van der Waals surface area contributed by atoms with Crippen molar-refractivity contribution in [1.82, 2.24) is 30.2 Å². The lowest BCUT2D eigenvalue weighted by Gasteiger charge is -2.35. The minimum Gasteiger partial charge on any atom is -0.357 e. The summed E-state index contributed by atoms with van der Waals surface area (Å²) in [6.07, 6.45) is 4.85. The highest BCUT2D eigenvalue weighted by atomic mass is 127. The number of aliphatic imine (C=N–C) groups is 1. The van der Waals surface area contributed by atoms with E-state index in [9.17, 15) is 0 Å². The summed E-state index contributed by atoms with van der Waals surface area (Å²) in [6, 6.07) is 1.96. The van der Waals surface area contributed by atoms with Crippen LogP contribution in [0.1, 0.15) is 27.2 Å². The first kappa shape index (κ1) is 24.2. The number of aromatic nitrogens is 2. The Kier molecular flexibility index (Phi) is 12.7. The summed E-state index contributed by atoms with van der Waals surface area (Å²) in [6.45, 7) is 17.3. The quantitative estimate of drug-likeness (QED) is 0.226. The Morgan fingerprint density at radius 3 is 2.52 bits per heavy atom. The molecule has 2 rings (SSSR count). The van der Waals surface area contributed by atoms with Crippen molar-refractivity contribution in [1.29, 1.82) is 0 Å². The Balaban J connectivity index is 0.00000364. The highest BCUT2D eigenvalue weighted by Crippen LogP contribution is 2.06. The van der Waals surface area contributed by atoms with E-state index >= 15 is 0 Å². The molecule has 0 amide bonds. The lowest BCUT2D eigenvalue weighted by Crippen LogP contribution is -2.47. The molecule has 1 fully saturated rings. The minimum atomic E-state index is 0. The van der Waals surface area contributed by atoms with Crippen LogP contribution in [0.5, 0.6) is 0 Å². The fourth-order valence-electron chi connectivity index (χ4n) is 3.26. The van der Waals surface area contributed by atoms with Crippen LogP contribution in [0, 0.1) is 5.92 Å². The van der Waals surface area contributed by atoms with Crippen molar-refractivity contribution in [3.05, 3.63) is 18.5 Å². The van der Waals surface area contributed by atoms with Gasteiger partial charge in [-0.2, -0.15) is 5.10 Å². The lowest BCUT2D eigenvalue weighted by atomic mass is 10.1. The molecule has 7 nitrogen and oxygen atoms in total. The molecule has 1 unspecified atom stereocenters. The van der Waals surface area contributed by atoms with Crippen LogP contribution in [0.3, 0.4) is 0 Å². The number of nitrogens with zero attached hydrogens (tertiary/aromatic N) is 5. The standard InChI is InChI=1S/C19H37N7.HI/c1-4-20-19(21-8-6-10-26-11-7-9-23-26)22-16-18(3)17-25-14-12-24(5-2)13-15-25;/h7,9,11,18H,4-6,8,10,12-17H2,1-3H3,(H2,20,21,22);1H. The summed E-state index contributed by atoms with van der Waals surface area (Å²) >= 11 is 0. The molecule has 1 aliphatic heterocycles. The van der Waals surface area contributed by atoms with Crippen LogP contribution in [0.2, 0.25) is 0 Å². The van der Waals surface area contributed by atoms with Gasteiger partial charge in [-0.1, -0.05) is 13.8 Å². The molecule has 2 heterocycles. The Morgan fingerprint density at radius 2 is 1.89 bits per heavy atom. The van der Waals surface area contributed by atoms with Crippen molar-refractivity contribution < 1.29 is 0 Å². The van der Waals surface area contributed by atoms with Crippen molar-refractivity contribution in [2.45, 2.75) is 33.7 Å². The number of hydrogen-bond acceptors (Lipinski definition) is 4. The third kappa shape index (κ3) is 9.75. The first-order valence-corrected chi connectivity index (χ1v) is 10.2. The highest BCUT2D eigenvalue weighted by Gasteiger charge is 2.17. The van der Waals surface area contributed by atoms with Gasteiger partial charge in [-0.25, -0.2) is 0 Å². The van der Waals surface area contributed by atoms with Gasteiger partial charge in [-0.15, -0.1) is 24.0 Å². The summed E-state index contributed by atoms with van der Waals surface area (Å²) in [5, 5.41) is 11.0. The molecule has 27 heavy (non-hydrogen) atoms. The number of nitrogens with one attached hydrogen (secondary N) is 2. The van der Waals surface area contributed by atoms with Crippen LogP contribution < -0.4 is 10.6 Å². The number of guanidine groups is 1. The molecule has 2 N–H and O–H groups in total. The van der Waals surface area contributed by atoms with E-state index in [0.29, 0.717) is 5.92 Å². The molecular formula is C19H38IN7. The number of hydrogen-bond donors (Lipinski definition) is 2. The molecule has 1 aromatic rings. The van der Waals surface area contributed by atoms with Gasteiger partial charge in [0.1, 0.15) is 0 Å². The van der Waals surface area contributed by atoms with Crippen molar-refractivity contribution in [3.8, 4) is 0 Å². The van der Waals surface area contributed by atoms with E-state index in [2.05, 4.69) is 46.3 Å². The van der Waals surface area contributed by atoms with E-state index in [1.54, 1.807) is 0 Å². The SMILES string of the molecule is CCNC(=NCC(C)CN1CCN(CC)CC1)NCCCn1cccn1.I. The smallest absolute Gasteiger partial charge is 0.191 e. The zero-order valence-corrected chi connectivity index (χ0v) is 19.6. The van der Waals surface area contributed by atoms with Crippen molar-refractivity contribution >= 4 is 29.9 Å².